The van der Waals surface area contributed by atoms with Gasteiger partial charge in [-0.2, -0.15) is 0 Å². The Balaban J connectivity index is 0. The maximum Gasteiger partial charge on any atom is 0.0359 e. The van der Waals surface area contributed by atoms with E-state index in [1.54, 1.807) is 0 Å². The van der Waals surface area contributed by atoms with Crippen LogP contribution in [0.25, 0.3) is 0 Å². The molecule has 0 fully saturated rings. The van der Waals surface area contributed by atoms with E-state index in [9.17, 15) is 0 Å². The molecule has 9 heavy (non-hydrogen) atoms. The second-order valence-corrected chi connectivity index (χ2v) is 2.09. The highest BCUT2D eigenvalue weighted by molar-refractivity contribution is 6.25. The van der Waals surface area contributed by atoms with E-state index < -0.39 is 0 Å². The van der Waals surface area contributed by atoms with E-state index >= 15 is 0 Å². The fourth-order valence-electron chi connectivity index (χ4n) is 0.250. The van der Waals surface area contributed by atoms with Crippen LogP contribution in [0.4, 0.5) is 0 Å². The van der Waals surface area contributed by atoms with Crippen LogP contribution in [-0.2, 0) is 0 Å². The van der Waals surface area contributed by atoms with Crippen molar-refractivity contribution in [2.24, 2.45) is 0 Å². The van der Waals surface area contributed by atoms with Crippen molar-refractivity contribution >= 4 is 23.2 Å². The second-order valence-electron chi connectivity index (χ2n) is 1.34. The smallest absolute Gasteiger partial charge is 0.0359 e. The van der Waals surface area contributed by atoms with Crippen LogP contribution in [-0.4, -0.2) is 24.8 Å². The van der Waals surface area contributed by atoms with Crippen LogP contribution in [0.3, 0.4) is 0 Å². The topological polar surface area (TPSA) is 12.0 Å². The molecule has 0 saturated heterocycles. The summed E-state index contributed by atoms with van der Waals surface area (Å²) >= 11 is 10.1. The predicted molar refractivity (Wildman–Crippen MR) is 45.7 cm³/mol. The Morgan fingerprint density at radius 2 is 1.33 bits per heavy atom. The van der Waals surface area contributed by atoms with Crippen LogP contribution in [0.1, 0.15) is 13.8 Å². The van der Waals surface area contributed by atoms with Crippen LogP contribution < -0.4 is 5.32 Å². The third-order valence-electron chi connectivity index (χ3n) is 0.571. The van der Waals surface area contributed by atoms with Crippen LogP contribution in [0.15, 0.2) is 0 Å². The minimum atomic E-state index is 0.557. The number of rotatable bonds is 3. The summed E-state index contributed by atoms with van der Waals surface area (Å²) in [5.74, 6) is 1.11. The summed E-state index contributed by atoms with van der Waals surface area (Å²) in [4.78, 5) is 0. The standard InChI is InChI=1S/C4H11N.C2H4Cl2/c1-3-5-4-2;3-1-2-4/h5H,3-4H2,1-2H3;1-2H2. The molecule has 0 aromatic rings. The Hall–Kier alpha value is 0.540. The highest BCUT2D eigenvalue weighted by Gasteiger charge is 1.62. The molecule has 0 saturated carbocycles. The zero-order chi connectivity index (χ0) is 7.54. The van der Waals surface area contributed by atoms with Gasteiger partial charge in [0.15, 0.2) is 0 Å². The molecule has 3 heteroatoms. The molecule has 0 amide bonds. The van der Waals surface area contributed by atoms with E-state index in [1.807, 2.05) is 0 Å². The predicted octanol–water partition coefficient (Wildman–Crippen LogP) is 2.08. The molecule has 0 atom stereocenters. The van der Waals surface area contributed by atoms with Gasteiger partial charge in [-0.3, -0.25) is 0 Å². The van der Waals surface area contributed by atoms with Crippen molar-refractivity contribution in [1.29, 1.82) is 0 Å². The summed E-state index contributed by atoms with van der Waals surface area (Å²) in [6.07, 6.45) is 0. The first kappa shape index (κ1) is 12.2. The molecule has 0 aromatic heterocycles. The molecule has 1 N–H and O–H groups in total. The molecule has 0 rings (SSSR count). The molecule has 0 aliphatic heterocycles. The third-order valence-corrected chi connectivity index (χ3v) is 1.14. The SMILES string of the molecule is CCNCC.ClCCCl. The molecule has 0 unspecified atom stereocenters. The van der Waals surface area contributed by atoms with Crippen LogP contribution in [0.2, 0.25) is 0 Å². The van der Waals surface area contributed by atoms with Gasteiger partial charge in [0.05, 0.1) is 0 Å². The first-order valence-electron chi connectivity index (χ1n) is 3.16. The van der Waals surface area contributed by atoms with Crippen molar-refractivity contribution in [3.05, 3.63) is 0 Å². The summed E-state index contributed by atoms with van der Waals surface area (Å²) in [5, 5.41) is 3.11. The molecule has 0 spiro atoms. The highest BCUT2D eigenvalue weighted by atomic mass is 35.5. The molecule has 0 bridgehead atoms. The number of hydrogen-bond acceptors (Lipinski definition) is 1. The largest absolute Gasteiger partial charge is 0.317 e. The molecule has 0 radical (unpaired) electrons. The molecule has 0 aliphatic carbocycles. The third kappa shape index (κ3) is 29.1. The van der Waals surface area contributed by atoms with Gasteiger partial charge >= 0.3 is 0 Å². The quantitative estimate of drug-likeness (QED) is 0.642. The fourth-order valence-corrected chi connectivity index (χ4v) is 0.250. The molecular weight excluding hydrogens is 157 g/mol. The van der Waals surface area contributed by atoms with Crippen molar-refractivity contribution in [3.63, 3.8) is 0 Å². The van der Waals surface area contributed by atoms with Gasteiger partial charge in [-0.1, -0.05) is 13.8 Å². The van der Waals surface area contributed by atoms with E-state index in [1.165, 1.54) is 0 Å². The van der Waals surface area contributed by atoms with Gasteiger partial charge in [0, 0.05) is 11.8 Å². The first-order chi connectivity index (χ1) is 4.33. The lowest BCUT2D eigenvalue weighted by Crippen LogP contribution is -2.09. The maximum atomic E-state index is 5.05. The van der Waals surface area contributed by atoms with Gasteiger partial charge in [-0.25, -0.2) is 0 Å². The zero-order valence-corrected chi connectivity index (χ0v) is 7.60. The Labute approximate surface area is 67.7 Å². The molecule has 0 heterocycles. The van der Waals surface area contributed by atoms with E-state index in [-0.39, 0.29) is 0 Å². The van der Waals surface area contributed by atoms with Crippen LogP contribution in [0.5, 0.6) is 0 Å². The number of alkyl halides is 2. The van der Waals surface area contributed by atoms with Crippen LogP contribution >= 0.6 is 23.2 Å². The van der Waals surface area contributed by atoms with E-state index in [0.29, 0.717) is 11.8 Å². The van der Waals surface area contributed by atoms with Gasteiger partial charge in [0.2, 0.25) is 0 Å². The van der Waals surface area contributed by atoms with Gasteiger partial charge < -0.3 is 5.32 Å². The van der Waals surface area contributed by atoms with Gasteiger partial charge in [0.25, 0.3) is 0 Å². The number of hydrogen-bond donors (Lipinski definition) is 1. The van der Waals surface area contributed by atoms with E-state index in [0.717, 1.165) is 13.1 Å². The molecule has 1 nitrogen and oxygen atoms in total. The molecular formula is C6H15Cl2N. The Bertz CT molecular complexity index is 30.2. The van der Waals surface area contributed by atoms with Crippen molar-refractivity contribution in [3.8, 4) is 0 Å². The molecule has 0 aromatic carbocycles. The minimum Gasteiger partial charge on any atom is -0.317 e. The van der Waals surface area contributed by atoms with Crippen molar-refractivity contribution in [2.45, 2.75) is 13.8 Å². The Morgan fingerprint density at radius 3 is 1.33 bits per heavy atom. The minimum absolute atomic E-state index is 0.557. The monoisotopic (exact) mass is 171 g/mol. The first-order valence-corrected chi connectivity index (χ1v) is 4.22. The average molecular weight is 172 g/mol. The number of halogens is 2. The van der Waals surface area contributed by atoms with Crippen LogP contribution in [0, 0.1) is 0 Å². The summed E-state index contributed by atoms with van der Waals surface area (Å²) in [6, 6.07) is 0. The van der Waals surface area contributed by atoms with E-state index in [2.05, 4.69) is 19.2 Å². The lowest BCUT2D eigenvalue weighted by Gasteiger charge is -1.86. The van der Waals surface area contributed by atoms with E-state index in [4.69, 9.17) is 23.2 Å². The lowest BCUT2D eigenvalue weighted by molar-refractivity contribution is 0.762. The highest BCUT2D eigenvalue weighted by Crippen LogP contribution is 1.75. The Morgan fingerprint density at radius 1 is 1.00 bits per heavy atom. The van der Waals surface area contributed by atoms with Gasteiger partial charge in [-0.15, -0.1) is 23.2 Å². The molecule has 0 aliphatic rings. The Kier molecular flexibility index (Phi) is 21.5. The fraction of sp³-hybridized carbons (Fsp3) is 1.00. The van der Waals surface area contributed by atoms with Gasteiger partial charge in [-0.05, 0) is 13.1 Å². The number of nitrogens with one attached hydrogen (secondary N) is 1. The lowest BCUT2D eigenvalue weighted by atomic mass is 10.7. The zero-order valence-electron chi connectivity index (χ0n) is 6.08. The summed E-state index contributed by atoms with van der Waals surface area (Å²) in [5.41, 5.74) is 0. The second kappa shape index (κ2) is 15.8. The van der Waals surface area contributed by atoms with Crippen molar-refractivity contribution < 1.29 is 0 Å². The maximum absolute atomic E-state index is 5.05. The average Bonchev–Trinajstić information content (AvgIpc) is 1.91. The summed E-state index contributed by atoms with van der Waals surface area (Å²) in [6.45, 7) is 6.39. The normalized spacial score (nSPS) is 8.00. The molecule has 58 valence electrons. The van der Waals surface area contributed by atoms with Crippen molar-refractivity contribution in [1.82, 2.24) is 5.32 Å². The summed E-state index contributed by atoms with van der Waals surface area (Å²) in [7, 11) is 0. The van der Waals surface area contributed by atoms with Crippen molar-refractivity contribution in [2.75, 3.05) is 24.8 Å². The van der Waals surface area contributed by atoms with Gasteiger partial charge in [0.1, 0.15) is 0 Å². The summed E-state index contributed by atoms with van der Waals surface area (Å²) < 4.78 is 0.